The molecule has 3 unspecified atom stereocenters. The minimum Gasteiger partial charge on any atom is -0.257 e. The van der Waals surface area contributed by atoms with Crippen molar-refractivity contribution in [2.45, 2.75) is 26.2 Å². The topological polar surface area (TPSA) is 29.6 Å². The van der Waals surface area contributed by atoms with Gasteiger partial charge in [0.1, 0.15) is 0 Å². The zero-order valence-electron chi connectivity index (χ0n) is 14.0. The Hall–Kier alpha value is -1.94. The lowest BCUT2D eigenvalue weighted by Crippen LogP contribution is -2.16. The van der Waals surface area contributed by atoms with E-state index in [1.54, 1.807) is 11.3 Å². The number of hydrogen-bond acceptors (Lipinski definition) is 3. The minimum atomic E-state index is 0.601. The van der Waals surface area contributed by atoms with Crippen molar-refractivity contribution in [3.8, 4) is 0 Å². The van der Waals surface area contributed by atoms with E-state index in [1.165, 1.54) is 18.4 Å². The molecule has 24 heavy (non-hydrogen) atoms. The van der Waals surface area contributed by atoms with Crippen LogP contribution in [0.3, 0.4) is 0 Å². The molecule has 0 aliphatic heterocycles. The molecule has 2 aliphatic rings. The molecule has 0 amide bonds. The molecule has 2 aliphatic carbocycles. The minimum absolute atomic E-state index is 0.601. The summed E-state index contributed by atoms with van der Waals surface area (Å²) in [5.74, 6) is 2.09. The standard InChI is InChI=1S/C20H23N3S/c1-15-14-24-20(21-10-9-16-5-3-2-4-6-16)23(15)22-13-19-12-17-7-8-18(19)11-17/h2-8,13-14,17-19H,9-12H2,1H3. The van der Waals surface area contributed by atoms with Crippen LogP contribution in [0.4, 0.5) is 0 Å². The van der Waals surface area contributed by atoms with Crippen molar-refractivity contribution >= 4 is 17.6 Å². The first-order chi connectivity index (χ1) is 11.8. The smallest absolute Gasteiger partial charge is 0.205 e. The average molecular weight is 337 g/mol. The van der Waals surface area contributed by atoms with E-state index in [0.29, 0.717) is 11.8 Å². The Bertz CT molecular complexity index is 813. The molecular weight excluding hydrogens is 314 g/mol. The number of benzene rings is 1. The van der Waals surface area contributed by atoms with E-state index < -0.39 is 0 Å². The van der Waals surface area contributed by atoms with Crippen molar-refractivity contribution in [1.82, 2.24) is 4.68 Å². The van der Waals surface area contributed by atoms with Gasteiger partial charge in [-0.1, -0.05) is 42.5 Å². The SMILES string of the molecule is Cc1csc(=NCCc2ccccc2)n1N=CC1CC2C=CC1C2. The van der Waals surface area contributed by atoms with Crippen LogP contribution in [0.25, 0.3) is 0 Å². The van der Waals surface area contributed by atoms with E-state index in [-0.39, 0.29) is 0 Å². The van der Waals surface area contributed by atoms with Gasteiger partial charge >= 0.3 is 0 Å². The van der Waals surface area contributed by atoms with Gasteiger partial charge in [-0.25, -0.2) is 4.68 Å². The largest absolute Gasteiger partial charge is 0.257 e. The van der Waals surface area contributed by atoms with E-state index in [0.717, 1.165) is 29.4 Å². The molecule has 3 atom stereocenters. The molecule has 0 spiro atoms. The molecule has 2 bridgehead atoms. The van der Waals surface area contributed by atoms with Crippen molar-refractivity contribution in [2.24, 2.45) is 27.8 Å². The quantitative estimate of drug-likeness (QED) is 0.582. The first-order valence-corrected chi connectivity index (χ1v) is 9.62. The van der Waals surface area contributed by atoms with Gasteiger partial charge in [0, 0.05) is 24.1 Å². The second-order valence-corrected chi connectivity index (χ2v) is 7.63. The van der Waals surface area contributed by atoms with E-state index in [9.17, 15) is 0 Å². The summed E-state index contributed by atoms with van der Waals surface area (Å²) >= 11 is 1.68. The summed E-state index contributed by atoms with van der Waals surface area (Å²) in [6, 6.07) is 10.5. The zero-order valence-corrected chi connectivity index (χ0v) is 14.8. The zero-order chi connectivity index (χ0) is 16.4. The van der Waals surface area contributed by atoms with Crippen molar-refractivity contribution in [3.63, 3.8) is 0 Å². The molecular formula is C20H23N3S. The average Bonchev–Trinajstić information content (AvgIpc) is 3.31. The predicted octanol–water partition coefficient (Wildman–Crippen LogP) is 4.05. The van der Waals surface area contributed by atoms with Crippen molar-refractivity contribution in [1.29, 1.82) is 0 Å². The highest BCUT2D eigenvalue weighted by Gasteiger charge is 2.34. The molecule has 0 saturated heterocycles. The molecule has 0 radical (unpaired) electrons. The van der Waals surface area contributed by atoms with Crippen molar-refractivity contribution in [3.05, 3.63) is 63.9 Å². The maximum atomic E-state index is 4.77. The second-order valence-electron chi connectivity index (χ2n) is 6.80. The lowest BCUT2D eigenvalue weighted by atomic mass is 9.95. The highest BCUT2D eigenvalue weighted by atomic mass is 32.1. The fourth-order valence-electron chi connectivity index (χ4n) is 3.71. The van der Waals surface area contributed by atoms with Crippen LogP contribution >= 0.6 is 11.3 Å². The van der Waals surface area contributed by atoms with Gasteiger partial charge < -0.3 is 0 Å². The summed E-state index contributed by atoms with van der Waals surface area (Å²) in [4.78, 5) is 5.77. The van der Waals surface area contributed by atoms with Crippen LogP contribution in [0.15, 0.2) is 58.0 Å². The molecule has 1 saturated carbocycles. The van der Waals surface area contributed by atoms with Gasteiger partial charge in [0.2, 0.25) is 4.80 Å². The van der Waals surface area contributed by atoms with Crippen molar-refractivity contribution < 1.29 is 0 Å². The molecule has 4 rings (SSSR count). The summed E-state index contributed by atoms with van der Waals surface area (Å²) in [5, 5.41) is 6.90. The van der Waals surface area contributed by atoms with E-state index in [4.69, 9.17) is 10.1 Å². The van der Waals surface area contributed by atoms with Gasteiger partial charge in [0.05, 0.1) is 5.69 Å². The molecule has 3 nitrogen and oxygen atoms in total. The van der Waals surface area contributed by atoms with E-state index in [1.807, 2.05) is 4.68 Å². The Kier molecular flexibility index (Phi) is 4.48. The lowest BCUT2D eigenvalue weighted by Gasteiger charge is -2.12. The fourth-order valence-corrected chi connectivity index (χ4v) is 4.54. The number of thiazole rings is 1. The number of allylic oxidation sites excluding steroid dienone is 2. The molecule has 0 N–H and O–H groups in total. The third kappa shape index (κ3) is 3.29. The molecule has 1 heterocycles. The van der Waals surface area contributed by atoms with Crippen LogP contribution in [-0.4, -0.2) is 17.4 Å². The predicted molar refractivity (Wildman–Crippen MR) is 100 cm³/mol. The van der Waals surface area contributed by atoms with Crippen LogP contribution in [-0.2, 0) is 6.42 Å². The Labute approximate surface area is 147 Å². The van der Waals surface area contributed by atoms with Gasteiger partial charge in [-0.15, -0.1) is 11.3 Å². The number of hydrogen-bond donors (Lipinski definition) is 0. The first-order valence-electron chi connectivity index (χ1n) is 8.74. The maximum absolute atomic E-state index is 4.77. The van der Waals surface area contributed by atoms with Crippen molar-refractivity contribution in [2.75, 3.05) is 6.54 Å². The fraction of sp³-hybridized carbons (Fsp3) is 0.400. The summed E-state index contributed by atoms with van der Waals surface area (Å²) in [5.41, 5.74) is 2.49. The Balaban J connectivity index is 1.47. The van der Waals surface area contributed by atoms with Gasteiger partial charge in [-0.3, -0.25) is 4.99 Å². The maximum Gasteiger partial charge on any atom is 0.205 e. The number of aryl methyl sites for hydroxylation is 1. The van der Waals surface area contributed by atoms with Crippen LogP contribution < -0.4 is 4.80 Å². The summed E-state index contributed by atoms with van der Waals surface area (Å²) in [6.07, 6.45) is 10.5. The van der Waals surface area contributed by atoms with Crippen LogP contribution in [0.1, 0.15) is 24.1 Å². The number of nitrogens with zero attached hydrogens (tertiary/aromatic N) is 3. The molecule has 1 aromatic carbocycles. The van der Waals surface area contributed by atoms with Gasteiger partial charge in [-0.2, -0.15) is 5.10 Å². The Morgan fingerprint density at radius 3 is 2.83 bits per heavy atom. The number of aromatic nitrogens is 1. The number of rotatable bonds is 5. The third-order valence-corrected chi connectivity index (χ3v) is 6.02. The highest BCUT2D eigenvalue weighted by Crippen LogP contribution is 2.42. The normalized spacial score (nSPS) is 26.0. The monoisotopic (exact) mass is 337 g/mol. The van der Waals surface area contributed by atoms with Gasteiger partial charge in [0.15, 0.2) is 0 Å². The molecule has 4 heteroatoms. The molecule has 1 aromatic heterocycles. The Morgan fingerprint density at radius 1 is 1.21 bits per heavy atom. The summed E-state index contributed by atoms with van der Waals surface area (Å²) < 4.78 is 2.01. The summed E-state index contributed by atoms with van der Waals surface area (Å²) in [7, 11) is 0. The second kappa shape index (κ2) is 6.89. The third-order valence-electron chi connectivity index (χ3n) is 5.04. The number of fused-ring (bicyclic) bond motifs is 2. The highest BCUT2D eigenvalue weighted by molar-refractivity contribution is 7.07. The van der Waals surface area contributed by atoms with Gasteiger partial charge in [0.25, 0.3) is 0 Å². The van der Waals surface area contributed by atoms with Crippen LogP contribution in [0.2, 0.25) is 0 Å². The van der Waals surface area contributed by atoms with Gasteiger partial charge in [-0.05, 0) is 43.6 Å². The summed E-state index contributed by atoms with van der Waals surface area (Å²) in [6.45, 7) is 2.90. The lowest BCUT2D eigenvalue weighted by molar-refractivity contribution is 0.588. The van der Waals surface area contributed by atoms with Crippen LogP contribution in [0, 0.1) is 24.7 Å². The molecule has 124 valence electrons. The van der Waals surface area contributed by atoms with Crippen LogP contribution in [0.5, 0.6) is 0 Å². The molecule has 2 aromatic rings. The van der Waals surface area contributed by atoms with E-state index in [2.05, 4.69) is 61.0 Å². The Morgan fingerprint density at radius 2 is 2.08 bits per heavy atom. The van der Waals surface area contributed by atoms with E-state index >= 15 is 0 Å². The molecule has 1 fully saturated rings. The first kappa shape index (κ1) is 15.6.